The van der Waals surface area contributed by atoms with E-state index in [1.165, 1.54) is 16.7 Å². The minimum atomic E-state index is 0.0756. The summed E-state index contributed by atoms with van der Waals surface area (Å²) in [6.07, 6.45) is 1.18. The summed E-state index contributed by atoms with van der Waals surface area (Å²) in [7, 11) is 1.76. The molecule has 0 aliphatic carbocycles. The van der Waals surface area contributed by atoms with E-state index < -0.39 is 0 Å². The second kappa shape index (κ2) is 17.0. The van der Waals surface area contributed by atoms with Gasteiger partial charge in [-0.2, -0.15) is 0 Å². The summed E-state index contributed by atoms with van der Waals surface area (Å²) in [6, 6.07) is 15.4. The molecule has 8 nitrogen and oxygen atoms in total. The van der Waals surface area contributed by atoms with Crippen LogP contribution in [0, 0.1) is 5.92 Å². The molecule has 0 saturated carbocycles. The van der Waals surface area contributed by atoms with E-state index in [4.69, 9.17) is 23.7 Å². The first kappa shape index (κ1) is 31.7. The monoisotopic (exact) mass is 569 g/mol. The van der Waals surface area contributed by atoms with Gasteiger partial charge in [-0.3, -0.25) is 0 Å². The van der Waals surface area contributed by atoms with E-state index in [0.717, 1.165) is 70.3 Å². The third-order valence-electron chi connectivity index (χ3n) is 7.98. The van der Waals surface area contributed by atoms with Gasteiger partial charge in [-0.25, -0.2) is 0 Å². The fourth-order valence-corrected chi connectivity index (χ4v) is 5.90. The maximum Gasteiger partial charge on any atom is 0.142 e. The molecule has 4 rings (SSSR count). The van der Waals surface area contributed by atoms with Gasteiger partial charge in [-0.15, -0.1) is 0 Å². The molecule has 1 fully saturated rings. The molecule has 2 aliphatic rings. The second-order valence-electron chi connectivity index (χ2n) is 11.1. The highest BCUT2D eigenvalue weighted by Crippen LogP contribution is 2.35. The van der Waals surface area contributed by atoms with Crippen LogP contribution < -0.4 is 20.3 Å². The molecule has 2 aliphatic heterocycles. The van der Waals surface area contributed by atoms with Crippen molar-refractivity contribution in [2.75, 3.05) is 77.7 Å². The number of nitrogens with zero attached hydrogens (tertiary/aromatic N) is 1. The molecule has 0 amide bonds. The number of nitrogens with one attached hydrogen (secondary N) is 2. The zero-order chi connectivity index (χ0) is 28.9. The number of ether oxygens (including phenoxy) is 5. The molecule has 2 aromatic carbocycles. The minimum Gasteiger partial charge on any atom is -0.490 e. The molecule has 228 valence electrons. The predicted molar refractivity (Wildman–Crippen MR) is 164 cm³/mol. The number of fused-ring (bicyclic) bond motifs is 1. The third-order valence-corrected chi connectivity index (χ3v) is 7.98. The molecule has 1 unspecified atom stereocenters. The Kier molecular flexibility index (Phi) is 13.2. The molecule has 4 atom stereocenters. The van der Waals surface area contributed by atoms with E-state index in [9.17, 15) is 0 Å². The van der Waals surface area contributed by atoms with Gasteiger partial charge in [0.05, 0.1) is 44.3 Å². The van der Waals surface area contributed by atoms with Crippen molar-refractivity contribution in [1.82, 2.24) is 10.6 Å². The van der Waals surface area contributed by atoms with Crippen LogP contribution in [0.2, 0.25) is 0 Å². The lowest BCUT2D eigenvalue weighted by Gasteiger charge is -2.39. The summed E-state index contributed by atoms with van der Waals surface area (Å²) in [5, 5.41) is 7.22. The molecule has 0 spiro atoms. The van der Waals surface area contributed by atoms with E-state index in [-0.39, 0.29) is 12.2 Å². The first-order valence-electron chi connectivity index (χ1n) is 15.4. The lowest BCUT2D eigenvalue weighted by molar-refractivity contribution is -0.00748. The van der Waals surface area contributed by atoms with Crippen molar-refractivity contribution in [3.8, 4) is 5.75 Å². The van der Waals surface area contributed by atoms with Gasteiger partial charge in [0.2, 0.25) is 0 Å². The fraction of sp³-hybridized carbons (Fsp3) is 0.636. The van der Waals surface area contributed by atoms with Crippen molar-refractivity contribution in [2.45, 2.75) is 58.5 Å². The summed E-state index contributed by atoms with van der Waals surface area (Å²) < 4.78 is 29.4. The molecular weight excluding hydrogens is 518 g/mol. The van der Waals surface area contributed by atoms with Crippen molar-refractivity contribution < 1.29 is 23.7 Å². The highest BCUT2D eigenvalue weighted by atomic mass is 16.5. The largest absolute Gasteiger partial charge is 0.490 e. The van der Waals surface area contributed by atoms with Crippen LogP contribution in [0.15, 0.2) is 42.5 Å². The quantitative estimate of drug-likeness (QED) is 0.272. The summed E-state index contributed by atoms with van der Waals surface area (Å²) in [4.78, 5) is 2.40. The molecule has 8 heteroatoms. The molecule has 2 heterocycles. The van der Waals surface area contributed by atoms with Gasteiger partial charge in [0.1, 0.15) is 12.4 Å². The number of methoxy groups -OCH3 is 1. The first-order chi connectivity index (χ1) is 20.1. The van der Waals surface area contributed by atoms with Gasteiger partial charge in [-0.1, -0.05) is 37.3 Å². The number of hydrogen-bond acceptors (Lipinski definition) is 8. The number of rotatable bonds is 17. The normalized spacial score (nSPS) is 21.4. The molecule has 0 radical (unpaired) electrons. The maximum absolute atomic E-state index is 6.71. The van der Waals surface area contributed by atoms with Gasteiger partial charge in [0, 0.05) is 39.3 Å². The van der Waals surface area contributed by atoms with Crippen LogP contribution in [0.1, 0.15) is 49.8 Å². The molecule has 2 N–H and O–H groups in total. The highest BCUT2D eigenvalue weighted by Gasteiger charge is 2.35. The van der Waals surface area contributed by atoms with Gasteiger partial charge in [-0.05, 0) is 74.6 Å². The van der Waals surface area contributed by atoms with Crippen LogP contribution in [0.25, 0.3) is 0 Å². The summed E-state index contributed by atoms with van der Waals surface area (Å²) in [5.74, 6) is 1.70. The van der Waals surface area contributed by atoms with Crippen LogP contribution >= 0.6 is 0 Å². The van der Waals surface area contributed by atoms with Gasteiger partial charge in [0.25, 0.3) is 0 Å². The Morgan fingerprint density at radius 1 is 1.07 bits per heavy atom. The van der Waals surface area contributed by atoms with Crippen molar-refractivity contribution >= 4 is 5.69 Å². The number of hydrogen-bond donors (Lipinski definition) is 2. The van der Waals surface area contributed by atoms with E-state index >= 15 is 0 Å². The van der Waals surface area contributed by atoms with Crippen LogP contribution in [0.3, 0.4) is 0 Å². The Hall–Kier alpha value is -2.20. The molecule has 2 aromatic rings. The Labute approximate surface area is 247 Å². The zero-order valence-corrected chi connectivity index (χ0v) is 25.5. The van der Waals surface area contributed by atoms with Crippen molar-refractivity contribution in [1.29, 1.82) is 0 Å². The summed E-state index contributed by atoms with van der Waals surface area (Å²) in [5.41, 5.74) is 4.84. The van der Waals surface area contributed by atoms with E-state index in [0.29, 0.717) is 38.3 Å². The van der Waals surface area contributed by atoms with Crippen LogP contribution in [0.5, 0.6) is 5.75 Å². The SMILES string of the molecule is CCNC[C@@H]1CNC[C@H](OCc2ccc3c(c2)N(CCCOC)CCO3)[C@H]1c1ccc(COCC(C)OCC)cc1. The Balaban J connectivity index is 1.42. The Morgan fingerprint density at radius 2 is 1.90 bits per heavy atom. The first-order valence-corrected chi connectivity index (χ1v) is 15.4. The van der Waals surface area contributed by atoms with Crippen molar-refractivity contribution in [3.63, 3.8) is 0 Å². The van der Waals surface area contributed by atoms with Crippen LogP contribution in [0.4, 0.5) is 5.69 Å². The third kappa shape index (κ3) is 9.40. The van der Waals surface area contributed by atoms with Gasteiger partial charge < -0.3 is 39.2 Å². The minimum absolute atomic E-state index is 0.0756. The van der Waals surface area contributed by atoms with Crippen molar-refractivity contribution in [2.24, 2.45) is 5.92 Å². The number of benzene rings is 2. The number of piperidine rings is 1. The Morgan fingerprint density at radius 3 is 2.68 bits per heavy atom. The molecule has 41 heavy (non-hydrogen) atoms. The standard InChI is InChI=1S/C33H51N3O5/c1-5-34-19-29-20-35-21-32(33(29)28-11-8-26(9-12-28)23-38-22-25(3)39-6-2)41-24-27-10-13-31-30(18-27)36(15-17-40-31)14-7-16-37-4/h8-13,18,25,29,32-35H,5-7,14-17,19-24H2,1-4H3/t25?,29-,32+,33+/m1/s1. The van der Waals surface area contributed by atoms with Gasteiger partial charge >= 0.3 is 0 Å². The molecular formula is C33H51N3O5. The molecule has 0 bridgehead atoms. The van der Waals surface area contributed by atoms with Crippen LogP contribution in [-0.4, -0.2) is 85.0 Å². The lowest BCUT2D eigenvalue weighted by Crippen LogP contribution is -2.49. The highest BCUT2D eigenvalue weighted by molar-refractivity contribution is 5.61. The van der Waals surface area contributed by atoms with Crippen molar-refractivity contribution in [3.05, 3.63) is 59.2 Å². The molecule has 1 saturated heterocycles. The predicted octanol–water partition coefficient (Wildman–Crippen LogP) is 4.36. The summed E-state index contributed by atoms with van der Waals surface area (Å²) >= 11 is 0. The average molecular weight is 570 g/mol. The topological polar surface area (TPSA) is 73.5 Å². The Bertz CT molecular complexity index is 1020. The van der Waals surface area contributed by atoms with E-state index in [1.54, 1.807) is 7.11 Å². The number of anilines is 1. The second-order valence-corrected chi connectivity index (χ2v) is 11.1. The zero-order valence-electron chi connectivity index (χ0n) is 25.5. The smallest absolute Gasteiger partial charge is 0.142 e. The summed E-state index contributed by atoms with van der Waals surface area (Å²) in [6.45, 7) is 15.8. The maximum atomic E-state index is 6.71. The fourth-order valence-electron chi connectivity index (χ4n) is 5.90. The van der Waals surface area contributed by atoms with Gasteiger partial charge in [0.15, 0.2) is 0 Å². The van der Waals surface area contributed by atoms with Crippen LogP contribution in [-0.2, 0) is 32.2 Å². The average Bonchev–Trinajstić information content (AvgIpc) is 2.99. The lowest BCUT2D eigenvalue weighted by atomic mass is 9.79. The van der Waals surface area contributed by atoms with E-state index in [1.807, 2.05) is 13.8 Å². The molecule has 0 aromatic heterocycles. The van der Waals surface area contributed by atoms with E-state index in [2.05, 4.69) is 64.9 Å².